The molecule has 0 atom stereocenters. The lowest BCUT2D eigenvalue weighted by Gasteiger charge is -2.36. The molecule has 120 valence electrons. The summed E-state index contributed by atoms with van der Waals surface area (Å²) in [4.78, 5) is 16.9. The lowest BCUT2D eigenvalue weighted by Crippen LogP contribution is -2.48. The van der Waals surface area contributed by atoms with Crippen LogP contribution in [0.4, 0.5) is 5.69 Å². The second kappa shape index (κ2) is 6.73. The van der Waals surface area contributed by atoms with Gasteiger partial charge < -0.3 is 14.5 Å². The van der Waals surface area contributed by atoms with Crippen molar-refractivity contribution in [3.63, 3.8) is 0 Å². The quantitative estimate of drug-likeness (QED) is 0.874. The molecule has 4 nitrogen and oxygen atoms in total. The summed E-state index contributed by atoms with van der Waals surface area (Å²) in [6.45, 7) is 5.19. The molecule has 0 aliphatic carbocycles. The van der Waals surface area contributed by atoms with Crippen molar-refractivity contribution in [3.8, 4) is 5.75 Å². The standard InChI is InChI=1S/C19H22N2O2/c1-15-14-16(8-9-18(15)23-2)19(22)21-12-10-20(11-13-21)17-6-4-3-5-7-17/h3-9,14H,10-13H2,1-2H3. The van der Waals surface area contributed by atoms with Crippen LogP contribution in [0.15, 0.2) is 48.5 Å². The number of aryl methyl sites for hydroxylation is 1. The van der Waals surface area contributed by atoms with Crippen LogP contribution >= 0.6 is 0 Å². The fourth-order valence-corrected chi connectivity index (χ4v) is 3.00. The summed E-state index contributed by atoms with van der Waals surface area (Å²) >= 11 is 0. The van der Waals surface area contributed by atoms with E-state index in [1.165, 1.54) is 5.69 Å². The third-order valence-electron chi connectivity index (χ3n) is 4.33. The van der Waals surface area contributed by atoms with E-state index >= 15 is 0 Å². The third-order valence-corrected chi connectivity index (χ3v) is 4.33. The van der Waals surface area contributed by atoms with Gasteiger partial charge >= 0.3 is 0 Å². The summed E-state index contributed by atoms with van der Waals surface area (Å²) in [5, 5.41) is 0. The zero-order chi connectivity index (χ0) is 16.2. The molecule has 1 aliphatic heterocycles. The molecule has 0 spiro atoms. The van der Waals surface area contributed by atoms with E-state index in [4.69, 9.17) is 4.74 Å². The molecule has 2 aromatic rings. The van der Waals surface area contributed by atoms with Crippen LogP contribution in [0.2, 0.25) is 0 Å². The minimum Gasteiger partial charge on any atom is -0.496 e. The maximum atomic E-state index is 12.7. The summed E-state index contributed by atoms with van der Waals surface area (Å²) in [6, 6.07) is 16.0. The van der Waals surface area contributed by atoms with Crippen LogP contribution in [-0.2, 0) is 0 Å². The third kappa shape index (κ3) is 3.31. The number of ether oxygens (including phenoxy) is 1. The molecule has 2 aromatic carbocycles. The number of methoxy groups -OCH3 is 1. The predicted octanol–water partition coefficient (Wildman–Crippen LogP) is 2.97. The molecule has 1 heterocycles. The number of carbonyl (C=O) groups is 1. The average molecular weight is 310 g/mol. The van der Waals surface area contributed by atoms with Crippen molar-refractivity contribution in [1.29, 1.82) is 0 Å². The Hall–Kier alpha value is -2.49. The zero-order valence-corrected chi connectivity index (χ0v) is 13.7. The zero-order valence-electron chi connectivity index (χ0n) is 13.7. The molecule has 3 rings (SSSR count). The Bertz CT molecular complexity index is 677. The molecule has 0 bridgehead atoms. The van der Waals surface area contributed by atoms with Crippen molar-refractivity contribution in [1.82, 2.24) is 4.90 Å². The molecule has 23 heavy (non-hydrogen) atoms. The Morgan fingerprint density at radius 3 is 2.30 bits per heavy atom. The number of benzene rings is 2. The molecular formula is C19H22N2O2. The van der Waals surface area contributed by atoms with Gasteiger partial charge in [0.1, 0.15) is 5.75 Å². The number of anilines is 1. The summed E-state index contributed by atoms with van der Waals surface area (Å²) in [7, 11) is 1.65. The molecule has 0 radical (unpaired) electrons. The number of rotatable bonds is 3. The molecule has 1 fully saturated rings. The first kappa shape index (κ1) is 15.4. The Balaban J connectivity index is 1.65. The van der Waals surface area contributed by atoms with Gasteiger partial charge in [-0.25, -0.2) is 0 Å². The molecule has 0 unspecified atom stereocenters. The first-order valence-electron chi connectivity index (χ1n) is 7.93. The molecule has 1 amide bonds. The number of para-hydroxylation sites is 1. The number of carbonyl (C=O) groups excluding carboxylic acids is 1. The van der Waals surface area contributed by atoms with Crippen LogP contribution < -0.4 is 9.64 Å². The molecule has 1 saturated heterocycles. The highest BCUT2D eigenvalue weighted by atomic mass is 16.5. The van der Waals surface area contributed by atoms with E-state index in [2.05, 4.69) is 17.0 Å². The summed E-state index contributed by atoms with van der Waals surface area (Å²) in [6.07, 6.45) is 0. The van der Waals surface area contributed by atoms with E-state index in [0.717, 1.165) is 43.1 Å². The van der Waals surface area contributed by atoms with Gasteiger partial charge in [0.25, 0.3) is 5.91 Å². The van der Waals surface area contributed by atoms with Crippen molar-refractivity contribution in [2.24, 2.45) is 0 Å². The summed E-state index contributed by atoms with van der Waals surface area (Å²) in [5.41, 5.74) is 2.94. The Kier molecular flexibility index (Phi) is 4.51. The number of piperazine rings is 1. The first-order valence-corrected chi connectivity index (χ1v) is 7.93. The van der Waals surface area contributed by atoms with Gasteiger partial charge in [0.05, 0.1) is 7.11 Å². The minimum absolute atomic E-state index is 0.100. The Morgan fingerprint density at radius 1 is 1.00 bits per heavy atom. The molecule has 0 N–H and O–H groups in total. The van der Waals surface area contributed by atoms with Gasteiger partial charge in [-0.05, 0) is 42.8 Å². The largest absolute Gasteiger partial charge is 0.496 e. The number of hydrogen-bond acceptors (Lipinski definition) is 3. The van der Waals surface area contributed by atoms with Crippen molar-refractivity contribution < 1.29 is 9.53 Å². The van der Waals surface area contributed by atoms with Crippen LogP contribution in [0.5, 0.6) is 5.75 Å². The van der Waals surface area contributed by atoms with Gasteiger partial charge in [-0.15, -0.1) is 0 Å². The van der Waals surface area contributed by atoms with Crippen LogP contribution in [0.1, 0.15) is 15.9 Å². The van der Waals surface area contributed by atoms with E-state index in [1.807, 2.05) is 48.2 Å². The highest BCUT2D eigenvalue weighted by Crippen LogP contribution is 2.21. The van der Waals surface area contributed by atoms with E-state index in [1.54, 1.807) is 7.11 Å². The minimum atomic E-state index is 0.100. The van der Waals surface area contributed by atoms with Gasteiger partial charge in [-0.1, -0.05) is 18.2 Å². The second-order valence-electron chi connectivity index (χ2n) is 5.80. The predicted molar refractivity (Wildman–Crippen MR) is 92.3 cm³/mol. The SMILES string of the molecule is COc1ccc(C(=O)N2CCN(c3ccccc3)CC2)cc1C. The van der Waals surface area contributed by atoms with Crippen LogP contribution in [0.3, 0.4) is 0 Å². The van der Waals surface area contributed by atoms with Crippen molar-refractivity contribution in [2.75, 3.05) is 38.2 Å². The molecular weight excluding hydrogens is 288 g/mol. The Morgan fingerprint density at radius 2 is 1.70 bits per heavy atom. The maximum absolute atomic E-state index is 12.7. The van der Waals surface area contributed by atoms with Crippen molar-refractivity contribution in [3.05, 3.63) is 59.7 Å². The number of amides is 1. The highest BCUT2D eigenvalue weighted by Gasteiger charge is 2.22. The second-order valence-corrected chi connectivity index (χ2v) is 5.80. The number of nitrogens with zero attached hydrogens (tertiary/aromatic N) is 2. The van der Waals surface area contributed by atoms with E-state index < -0.39 is 0 Å². The van der Waals surface area contributed by atoms with Gasteiger partial charge in [-0.2, -0.15) is 0 Å². The van der Waals surface area contributed by atoms with Crippen LogP contribution in [0.25, 0.3) is 0 Å². The van der Waals surface area contributed by atoms with E-state index in [9.17, 15) is 4.79 Å². The molecule has 0 aromatic heterocycles. The highest BCUT2D eigenvalue weighted by molar-refractivity contribution is 5.94. The lowest BCUT2D eigenvalue weighted by molar-refractivity contribution is 0.0746. The molecule has 1 aliphatic rings. The van der Waals surface area contributed by atoms with Gasteiger partial charge in [0.2, 0.25) is 0 Å². The van der Waals surface area contributed by atoms with Crippen molar-refractivity contribution >= 4 is 11.6 Å². The van der Waals surface area contributed by atoms with E-state index in [-0.39, 0.29) is 5.91 Å². The van der Waals surface area contributed by atoms with Gasteiger partial charge in [-0.3, -0.25) is 4.79 Å². The van der Waals surface area contributed by atoms with Crippen LogP contribution in [0, 0.1) is 6.92 Å². The van der Waals surface area contributed by atoms with E-state index in [0.29, 0.717) is 0 Å². The normalized spacial score (nSPS) is 14.7. The van der Waals surface area contributed by atoms with Crippen LogP contribution in [-0.4, -0.2) is 44.1 Å². The fraction of sp³-hybridized carbons (Fsp3) is 0.316. The Labute approximate surface area is 137 Å². The smallest absolute Gasteiger partial charge is 0.253 e. The van der Waals surface area contributed by atoms with Gasteiger partial charge in [0, 0.05) is 37.4 Å². The topological polar surface area (TPSA) is 32.8 Å². The number of hydrogen-bond donors (Lipinski definition) is 0. The molecule has 0 saturated carbocycles. The lowest BCUT2D eigenvalue weighted by atomic mass is 10.1. The van der Waals surface area contributed by atoms with Crippen molar-refractivity contribution in [2.45, 2.75) is 6.92 Å². The average Bonchev–Trinajstić information content (AvgIpc) is 2.62. The maximum Gasteiger partial charge on any atom is 0.253 e. The van der Waals surface area contributed by atoms with Gasteiger partial charge in [0.15, 0.2) is 0 Å². The monoisotopic (exact) mass is 310 g/mol. The summed E-state index contributed by atoms with van der Waals surface area (Å²) < 4.78 is 5.26. The fourth-order valence-electron chi connectivity index (χ4n) is 3.00. The molecule has 4 heteroatoms. The first-order chi connectivity index (χ1) is 11.2. The summed E-state index contributed by atoms with van der Waals surface area (Å²) in [5.74, 6) is 0.916.